The van der Waals surface area contributed by atoms with Crippen molar-refractivity contribution < 1.29 is 0 Å². The third-order valence-electron chi connectivity index (χ3n) is 3.74. The molecular weight excluding hydrogens is 284 g/mol. The Morgan fingerprint density at radius 1 is 0.739 bits per heavy atom. The normalized spacial score (nSPS) is 10.3. The van der Waals surface area contributed by atoms with Crippen LogP contribution >= 0.6 is 0 Å². The molecule has 3 rings (SSSR count). The van der Waals surface area contributed by atoms with Crippen LogP contribution in [-0.4, -0.2) is 24.1 Å². The van der Waals surface area contributed by atoms with Gasteiger partial charge in [-0.15, -0.1) is 0 Å². The van der Waals surface area contributed by atoms with Crippen LogP contribution < -0.4 is 10.6 Å². The van der Waals surface area contributed by atoms with Crippen molar-refractivity contribution >= 4 is 11.6 Å². The van der Waals surface area contributed by atoms with Crippen molar-refractivity contribution in [1.29, 1.82) is 0 Å². The number of hydrogen-bond acceptors (Lipinski definition) is 4. The molecule has 0 fully saturated rings. The first-order chi connectivity index (χ1) is 11.3. The highest BCUT2D eigenvalue weighted by molar-refractivity contribution is 5.66. The third kappa shape index (κ3) is 3.31. The van der Waals surface area contributed by atoms with Crippen LogP contribution in [0.25, 0.3) is 11.4 Å². The van der Waals surface area contributed by atoms with Crippen molar-refractivity contribution in [3.8, 4) is 11.4 Å². The van der Waals surface area contributed by atoms with Gasteiger partial charge in [-0.25, -0.2) is 9.97 Å². The van der Waals surface area contributed by atoms with E-state index in [1.807, 2.05) is 62.6 Å². The van der Waals surface area contributed by atoms with Gasteiger partial charge >= 0.3 is 0 Å². The second-order valence-corrected chi connectivity index (χ2v) is 5.25. The summed E-state index contributed by atoms with van der Waals surface area (Å²) in [5.41, 5.74) is 3.31. The maximum atomic E-state index is 4.70. The maximum Gasteiger partial charge on any atom is 0.163 e. The van der Waals surface area contributed by atoms with Gasteiger partial charge < -0.3 is 10.6 Å². The van der Waals surface area contributed by atoms with Gasteiger partial charge in [0.05, 0.1) is 0 Å². The van der Waals surface area contributed by atoms with Gasteiger partial charge in [0.25, 0.3) is 0 Å². The van der Waals surface area contributed by atoms with E-state index in [0.29, 0.717) is 0 Å². The number of hydrogen-bond donors (Lipinski definition) is 2. The van der Waals surface area contributed by atoms with Gasteiger partial charge in [-0.2, -0.15) is 0 Å². The molecule has 1 heterocycles. The summed E-state index contributed by atoms with van der Waals surface area (Å²) < 4.78 is 0. The van der Waals surface area contributed by atoms with Gasteiger partial charge in [-0.1, -0.05) is 60.7 Å². The monoisotopic (exact) mass is 304 g/mol. The minimum Gasteiger partial charge on any atom is -0.373 e. The summed E-state index contributed by atoms with van der Waals surface area (Å²) in [5, 5.41) is 6.42. The first kappa shape index (κ1) is 15.0. The van der Waals surface area contributed by atoms with Crippen LogP contribution in [-0.2, 0) is 6.42 Å². The van der Waals surface area contributed by atoms with Crippen LogP contribution in [0.5, 0.6) is 0 Å². The van der Waals surface area contributed by atoms with Gasteiger partial charge in [0.15, 0.2) is 5.82 Å². The summed E-state index contributed by atoms with van der Waals surface area (Å²) in [6.45, 7) is 0. The molecule has 0 aliphatic carbocycles. The lowest BCUT2D eigenvalue weighted by Gasteiger charge is -2.15. The Morgan fingerprint density at radius 3 is 1.78 bits per heavy atom. The molecule has 23 heavy (non-hydrogen) atoms. The molecule has 4 nitrogen and oxygen atoms in total. The minimum atomic E-state index is 0.719. The van der Waals surface area contributed by atoms with E-state index in [1.54, 1.807) is 0 Å². The summed E-state index contributed by atoms with van der Waals surface area (Å²) in [6.07, 6.45) is 0.780. The Bertz CT molecular complexity index is 745. The Hall–Kier alpha value is -2.88. The summed E-state index contributed by atoms with van der Waals surface area (Å²) >= 11 is 0. The molecule has 0 spiro atoms. The highest BCUT2D eigenvalue weighted by Gasteiger charge is 2.14. The molecule has 0 radical (unpaired) electrons. The first-order valence-corrected chi connectivity index (χ1v) is 7.67. The first-order valence-electron chi connectivity index (χ1n) is 7.67. The fourth-order valence-electron chi connectivity index (χ4n) is 2.58. The summed E-state index contributed by atoms with van der Waals surface area (Å²) in [6, 6.07) is 20.4. The number of aromatic nitrogens is 2. The molecule has 0 amide bonds. The number of anilines is 2. The van der Waals surface area contributed by atoms with Gasteiger partial charge in [0.1, 0.15) is 11.6 Å². The van der Waals surface area contributed by atoms with Crippen LogP contribution in [0.3, 0.4) is 0 Å². The summed E-state index contributed by atoms with van der Waals surface area (Å²) in [4.78, 5) is 9.41. The van der Waals surface area contributed by atoms with E-state index >= 15 is 0 Å². The van der Waals surface area contributed by atoms with Crippen LogP contribution in [0.2, 0.25) is 0 Å². The fourth-order valence-corrected chi connectivity index (χ4v) is 2.58. The van der Waals surface area contributed by atoms with Gasteiger partial charge in [-0.05, 0) is 5.56 Å². The van der Waals surface area contributed by atoms with Gasteiger partial charge in [-0.3, -0.25) is 0 Å². The lowest BCUT2D eigenvalue weighted by Crippen LogP contribution is -2.08. The molecule has 0 aliphatic rings. The maximum absolute atomic E-state index is 4.70. The van der Waals surface area contributed by atoms with E-state index in [4.69, 9.17) is 9.97 Å². The average molecular weight is 304 g/mol. The van der Waals surface area contributed by atoms with E-state index < -0.39 is 0 Å². The molecular formula is C19H20N4. The molecule has 4 heteroatoms. The standard InChI is InChI=1S/C19H20N4/c1-20-18-16(13-14-9-5-3-6-10-14)19(21-2)23-17(22-18)15-11-7-4-8-12-15/h3-12H,13H2,1-2H3,(H2,20,21,22,23). The van der Waals surface area contributed by atoms with Crippen LogP contribution in [0.1, 0.15) is 11.1 Å². The van der Waals surface area contributed by atoms with E-state index in [0.717, 1.165) is 35.0 Å². The zero-order valence-electron chi connectivity index (χ0n) is 13.4. The Balaban J connectivity index is 2.06. The van der Waals surface area contributed by atoms with E-state index in [9.17, 15) is 0 Å². The smallest absolute Gasteiger partial charge is 0.163 e. The predicted molar refractivity (Wildman–Crippen MR) is 95.8 cm³/mol. The van der Waals surface area contributed by atoms with Crippen LogP contribution in [0.15, 0.2) is 60.7 Å². The molecule has 0 unspecified atom stereocenters. The van der Waals surface area contributed by atoms with Crippen molar-refractivity contribution in [2.45, 2.75) is 6.42 Å². The lowest BCUT2D eigenvalue weighted by molar-refractivity contribution is 1.07. The second-order valence-electron chi connectivity index (χ2n) is 5.25. The Morgan fingerprint density at radius 2 is 1.26 bits per heavy atom. The fraction of sp³-hybridized carbons (Fsp3) is 0.158. The van der Waals surface area contributed by atoms with Crippen molar-refractivity contribution in [2.24, 2.45) is 0 Å². The molecule has 1 aromatic heterocycles. The van der Waals surface area contributed by atoms with Crippen molar-refractivity contribution in [3.63, 3.8) is 0 Å². The minimum absolute atomic E-state index is 0.719. The lowest BCUT2D eigenvalue weighted by atomic mass is 10.1. The quantitative estimate of drug-likeness (QED) is 0.752. The molecule has 116 valence electrons. The zero-order chi connectivity index (χ0) is 16.1. The molecule has 3 aromatic rings. The molecule has 2 N–H and O–H groups in total. The molecule has 2 aromatic carbocycles. The largest absolute Gasteiger partial charge is 0.373 e. The number of nitrogens with one attached hydrogen (secondary N) is 2. The van der Waals surface area contributed by atoms with Crippen molar-refractivity contribution in [3.05, 3.63) is 71.8 Å². The zero-order valence-corrected chi connectivity index (χ0v) is 13.4. The number of rotatable bonds is 5. The summed E-state index contributed by atoms with van der Waals surface area (Å²) in [7, 11) is 3.79. The number of nitrogens with zero attached hydrogens (tertiary/aromatic N) is 2. The van der Waals surface area contributed by atoms with Crippen LogP contribution in [0.4, 0.5) is 11.6 Å². The molecule has 0 saturated carbocycles. The second kappa shape index (κ2) is 6.92. The highest BCUT2D eigenvalue weighted by Crippen LogP contribution is 2.27. The van der Waals surface area contributed by atoms with Gasteiger partial charge in [0, 0.05) is 31.6 Å². The molecule has 0 bridgehead atoms. The van der Waals surface area contributed by atoms with Crippen molar-refractivity contribution in [2.75, 3.05) is 24.7 Å². The average Bonchev–Trinajstić information content (AvgIpc) is 2.63. The van der Waals surface area contributed by atoms with Crippen LogP contribution in [0, 0.1) is 0 Å². The van der Waals surface area contributed by atoms with E-state index in [-0.39, 0.29) is 0 Å². The SMILES string of the molecule is CNc1nc(-c2ccccc2)nc(NC)c1Cc1ccccc1. The van der Waals surface area contributed by atoms with Gasteiger partial charge in [0.2, 0.25) is 0 Å². The number of benzene rings is 2. The van der Waals surface area contributed by atoms with E-state index in [2.05, 4.69) is 22.8 Å². The Labute approximate surface area is 136 Å². The van der Waals surface area contributed by atoms with Crippen molar-refractivity contribution in [1.82, 2.24) is 9.97 Å². The summed E-state index contributed by atoms with van der Waals surface area (Å²) in [5.74, 6) is 2.43. The highest BCUT2D eigenvalue weighted by atomic mass is 15.1. The predicted octanol–water partition coefficient (Wildman–Crippen LogP) is 3.82. The molecule has 0 atom stereocenters. The molecule has 0 aliphatic heterocycles. The topological polar surface area (TPSA) is 49.8 Å². The van der Waals surface area contributed by atoms with E-state index in [1.165, 1.54) is 5.56 Å². The Kier molecular flexibility index (Phi) is 4.52. The molecule has 0 saturated heterocycles. The third-order valence-corrected chi connectivity index (χ3v) is 3.74.